The van der Waals surface area contributed by atoms with Gasteiger partial charge in [-0.25, -0.2) is 9.29 Å². The van der Waals surface area contributed by atoms with Crippen LogP contribution in [-0.4, -0.2) is 50.4 Å². The fourth-order valence-corrected chi connectivity index (χ4v) is 4.33. The first-order chi connectivity index (χ1) is 16.0. The molecule has 1 fully saturated rings. The summed E-state index contributed by atoms with van der Waals surface area (Å²) in [5, 5.41) is 10.4. The molecule has 1 aliphatic rings. The number of halogens is 1. The molecular formula is C24H21FN6O2. The van der Waals surface area contributed by atoms with Crippen molar-refractivity contribution in [3.05, 3.63) is 73.4 Å². The van der Waals surface area contributed by atoms with Gasteiger partial charge >= 0.3 is 0 Å². The second-order valence-electron chi connectivity index (χ2n) is 7.94. The third-order valence-corrected chi connectivity index (χ3v) is 5.81. The SMILES string of the molecule is CC(=O)N(C(=O)C1CC(F)CN1n1ccc2cc(-c3ccnnc3)ccc21)c1cccnc1. The van der Waals surface area contributed by atoms with E-state index in [4.69, 9.17) is 0 Å². The molecule has 3 aromatic heterocycles. The van der Waals surface area contributed by atoms with Crippen molar-refractivity contribution in [2.45, 2.75) is 25.6 Å². The first-order valence-corrected chi connectivity index (χ1v) is 10.6. The Kier molecular flexibility index (Phi) is 5.29. The molecule has 166 valence electrons. The van der Waals surface area contributed by atoms with Crippen LogP contribution in [0.2, 0.25) is 0 Å². The molecule has 1 aromatic carbocycles. The van der Waals surface area contributed by atoms with Gasteiger partial charge in [-0.3, -0.25) is 24.3 Å². The molecule has 0 radical (unpaired) electrons. The summed E-state index contributed by atoms with van der Waals surface area (Å²) in [4.78, 5) is 30.9. The van der Waals surface area contributed by atoms with Crippen LogP contribution in [0, 0.1) is 0 Å². The molecule has 2 atom stereocenters. The second kappa shape index (κ2) is 8.42. The Morgan fingerprint density at radius 1 is 1.06 bits per heavy atom. The van der Waals surface area contributed by atoms with Gasteiger partial charge in [0.15, 0.2) is 0 Å². The highest BCUT2D eigenvalue weighted by Gasteiger charge is 2.41. The topological polar surface area (TPSA) is 84.2 Å². The fraction of sp³-hybridized carbons (Fsp3) is 0.208. The Balaban J connectivity index is 1.50. The number of alkyl halides is 1. The summed E-state index contributed by atoms with van der Waals surface area (Å²) in [5.74, 6) is -0.916. The van der Waals surface area contributed by atoms with E-state index in [1.165, 1.54) is 13.1 Å². The molecule has 2 amide bonds. The normalized spacial score (nSPS) is 17.9. The van der Waals surface area contributed by atoms with Crippen LogP contribution in [0.5, 0.6) is 0 Å². The predicted molar refractivity (Wildman–Crippen MR) is 122 cm³/mol. The van der Waals surface area contributed by atoms with E-state index in [0.29, 0.717) is 5.69 Å². The van der Waals surface area contributed by atoms with Crippen LogP contribution in [0.3, 0.4) is 0 Å². The molecule has 4 aromatic rings. The van der Waals surface area contributed by atoms with Crippen molar-refractivity contribution < 1.29 is 14.0 Å². The van der Waals surface area contributed by atoms with Crippen LogP contribution in [0.25, 0.3) is 22.0 Å². The molecule has 1 saturated heterocycles. The zero-order valence-corrected chi connectivity index (χ0v) is 17.9. The molecule has 33 heavy (non-hydrogen) atoms. The van der Waals surface area contributed by atoms with Gasteiger partial charge in [0.05, 0.1) is 36.3 Å². The third-order valence-electron chi connectivity index (χ3n) is 5.81. The van der Waals surface area contributed by atoms with E-state index in [1.54, 1.807) is 40.4 Å². The molecule has 2 unspecified atom stereocenters. The number of hydrogen-bond donors (Lipinski definition) is 0. The highest BCUT2D eigenvalue weighted by Crippen LogP contribution is 2.29. The molecule has 5 rings (SSSR count). The predicted octanol–water partition coefficient (Wildman–Crippen LogP) is 3.12. The second-order valence-corrected chi connectivity index (χ2v) is 7.94. The van der Waals surface area contributed by atoms with Gasteiger partial charge in [-0.15, -0.1) is 0 Å². The number of benzene rings is 1. The van der Waals surface area contributed by atoms with E-state index >= 15 is 0 Å². The van der Waals surface area contributed by atoms with E-state index in [1.807, 2.05) is 36.5 Å². The molecule has 8 nitrogen and oxygen atoms in total. The minimum absolute atomic E-state index is 0.00329. The molecule has 1 aliphatic heterocycles. The number of aromatic nitrogens is 4. The van der Waals surface area contributed by atoms with Crippen LogP contribution in [0.15, 0.2) is 73.4 Å². The highest BCUT2D eigenvalue weighted by molar-refractivity contribution is 6.16. The smallest absolute Gasteiger partial charge is 0.258 e. The Labute approximate surface area is 189 Å². The molecular weight excluding hydrogens is 423 g/mol. The number of amides is 2. The molecule has 4 heterocycles. The van der Waals surface area contributed by atoms with Gasteiger partial charge in [0.25, 0.3) is 5.91 Å². The largest absolute Gasteiger partial charge is 0.297 e. The summed E-state index contributed by atoms with van der Waals surface area (Å²) in [7, 11) is 0. The van der Waals surface area contributed by atoms with Crippen LogP contribution in [0.4, 0.5) is 10.1 Å². The van der Waals surface area contributed by atoms with Crippen LogP contribution in [0.1, 0.15) is 13.3 Å². The first-order valence-electron chi connectivity index (χ1n) is 10.6. The average Bonchev–Trinajstić information content (AvgIpc) is 3.43. The molecule has 0 bridgehead atoms. The Bertz CT molecular complexity index is 1310. The van der Waals surface area contributed by atoms with Crippen molar-refractivity contribution in [1.82, 2.24) is 19.9 Å². The summed E-state index contributed by atoms with van der Waals surface area (Å²) in [5.41, 5.74) is 3.12. The van der Waals surface area contributed by atoms with E-state index in [0.717, 1.165) is 26.9 Å². The number of imide groups is 1. The van der Waals surface area contributed by atoms with Crippen molar-refractivity contribution in [1.29, 1.82) is 0 Å². The zero-order chi connectivity index (χ0) is 22.9. The van der Waals surface area contributed by atoms with Crippen molar-refractivity contribution in [2.24, 2.45) is 0 Å². The van der Waals surface area contributed by atoms with Gasteiger partial charge in [-0.2, -0.15) is 10.2 Å². The highest BCUT2D eigenvalue weighted by atomic mass is 19.1. The van der Waals surface area contributed by atoms with Crippen molar-refractivity contribution in [3.63, 3.8) is 0 Å². The number of rotatable bonds is 4. The van der Waals surface area contributed by atoms with E-state index in [2.05, 4.69) is 15.2 Å². The molecule has 0 saturated carbocycles. The van der Waals surface area contributed by atoms with Crippen LogP contribution in [-0.2, 0) is 9.59 Å². The number of fused-ring (bicyclic) bond motifs is 1. The van der Waals surface area contributed by atoms with Gasteiger partial charge in [-0.05, 0) is 42.0 Å². The van der Waals surface area contributed by atoms with E-state index in [-0.39, 0.29) is 13.0 Å². The lowest BCUT2D eigenvalue weighted by Gasteiger charge is -2.30. The van der Waals surface area contributed by atoms with Crippen molar-refractivity contribution >= 4 is 28.4 Å². The maximum atomic E-state index is 14.6. The molecule has 0 aliphatic carbocycles. The van der Waals surface area contributed by atoms with Crippen LogP contribution < -0.4 is 9.91 Å². The fourth-order valence-electron chi connectivity index (χ4n) is 4.33. The lowest BCUT2D eigenvalue weighted by molar-refractivity contribution is -0.126. The number of anilines is 1. The minimum Gasteiger partial charge on any atom is -0.297 e. The number of carbonyl (C=O) groups is 2. The number of pyridine rings is 1. The van der Waals surface area contributed by atoms with Gasteiger partial charge < -0.3 is 0 Å². The molecule has 9 heteroatoms. The van der Waals surface area contributed by atoms with Crippen molar-refractivity contribution in [3.8, 4) is 11.1 Å². The van der Waals surface area contributed by atoms with Gasteiger partial charge in [0.2, 0.25) is 5.91 Å². The number of nitrogens with zero attached hydrogens (tertiary/aromatic N) is 6. The van der Waals surface area contributed by atoms with Gasteiger partial charge in [0, 0.05) is 36.7 Å². The van der Waals surface area contributed by atoms with Crippen LogP contribution >= 0.6 is 0 Å². The third kappa shape index (κ3) is 3.82. The first kappa shape index (κ1) is 20.7. The maximum absolute atomic E-state index is 14.6. The standard InChI is InChI=1S/C24H21FN6O2/c1-16(32)31(21-3-2-8-26-14-21)24(33)23-12-20(25)15-30(23)29-10-7-18-11-17(4-5-22(18)29)19-6-9-27-28-13-19/h2-11,13-14,20,23H,12,15H2,1H3. The average molecular weight is 444 g/mol. The summed E-state index contributed by atoms with van der Waals surface area (Å²) in [6, 6.07) is 12.2. The van der Waals surface area contributed by atoms with Crippen molar-refractivity contribution in [2.75, 3.05) is 16.5 Å². The van der Waals surface area contributed by atoms with E-state index in [9.17, 15) is 14.0 Å². The summed E-state index contributed by atoms with van der Waals surface area (Å²) in [6.07, 6.45) is 6.97. The van der Waals surface area contributed by atoms with E-state index < -0.39 is 24.0 Å². The summed E-state index contributed by atoms with van der Waals surface area (Å²) < 4.78 is 16.4. The Hall–Kier alpha value is -4.14. The summed E-state index contributed by atoms with van der Waals surface area (Å²) in [6.45, 7) is 1.37. The summed E-state index contributed by atoms with van der Waals surface area (Å²) >= 11 is 0. The number of carbonyl (C=O) groups excluding carboxylic acids is 2. The molecule has 0 spiro atoms. The minimum atomic E-state index is -1.19. The molecule has 0 N–H and O–H groups in total. The quantitative estimate of drug-likeness (QED) is 0.481. The monoisotopic (exact) mass is 444 g/mol. The lowest BCUT2D eigenvalue weighted by atomic mass is 10.1. The number of hydrogen-bond acceptors (Lipinski definition) is 6. The Morgan fingerprint density at radius 3 is 2.67 bits per heavy atom. The van der Waals surface area contributed by atoms with Gasteiger partial charge in [0.1, 0.15) is 12.2 Å². The lowest BCUT2D eigenvalue weighted by Crippen LogP contribution is -2.51. The van der Waals surface area contributed by atoms with Gasteiger partial charge in [-0.1, -0.05) is 6.07 Å². The zero-order valence-electron chi connectivity index (χ0n) is 17.9. The Morgan fingerprint density at radius 2 is 1.94 bits per heavy atom. The maximum Gasteiger partial charge on any atom is 0.258 e.